The molecule has 3 atom stereocenters. The van der Waals surface area contributed by atoms with E-state index in [1.807, 2.05) is 0 Å². The van der Waals surface area contributed by atoms with E-state index in [0.717, 1.165) is 25.9 Å². The van der Waals surface area contributed by atoms with Gasteiger partial charge in [0, 0.05) is 19.1 Å². The second kappa shape index (κ2) is 7.99. The first-order chi connectivity index (χ1) is 9.66. The molecule has 3 unspecified atom stereocenters. The van der Waals surface area contributed by atoms with Crippen molar-refractivity contribution < 1.29 is 4.79 Å². The molecule has 1 saturated carbocycles. The molecular weight excluding hydrogens is 250 g/mol. The zero-order valence-corrected chi connectivity index (χ0v) is 12.9. The normalized spacial score (nSPS) is 32.6. The van der Waals surface area contributed by atoms with Crippen molar-refractivity contribution in [2.45, 2.75) is 57.9 Å². The molecule has 1 saturated heterocycles. The molecule has 116 valence electrons. The molecule has 2 fully saturated rings. The van der Waals surface area contributed by atoms with Crippen LogP contribution in [0, 0.1) is 11.8 Å². The third-order valence-corrected chi connectivity index (χ3v) is 4.93. The van der Waals surface area contributed by atoms with Gasteiger partial charge in [-0.05, 0) is 51.1 Å². The van der Waals surface area contributed by atoms with Gasteiger partial charge in [0.15, 0.2) is 0 Å². The molecule has 3 N–H and O–H groups in total. The van der Waals surface area contributed by atoms with Gasteiger partial charge < -0.3 is 16.0 Å². The molecule has 0 bridgehead atoms. The fourth-order valence-corrected chi connectivity index (χ4v) is 3.53. The van der Waals surface area contributed by atoms with Gasteiger partial charge in [-0.15, -0.1) is 0 Å². The van der Waals surface area contributed by atoms with Gasteiger partial charge in [0.05, 0.1) is 5.92 Å². The average Bonchev–Trinajstić information content (AvgIpc) is 2.70. The highest BCUT2D eigenvalue weighted by Gasteiger charge is 2.31. The third kappa shape index (κ3) is 4.74. The highest BCUT2D eigenvalue weighted by atomic mass is 16.1. The van der Waals surface area contributed by atoms with E-state index in [1.165, 1.54) is 45.2 Å². The Balaban J connectivity index is 1.68. The first kappa shape index (κ1) is 15.8. The van der Waals surface area contributed by atoms with E-state index in [-0.39, 0.29) is 17.9 Å². The van der Waals surface area contributed by atoms with Crippen molar-refractivity contribution in [3.63, 3.8) is 0 Å². The molecule has 4 nitrogen and oxygen atoms in total. The molecule has 0 radical (unpaired) electrons. The maximum Gasteiger partial charge on any atom is 0.224 e. The summed E-state index contributed by atoms with van der Waals surface area (Å²) >= 11 is 0. The summed E-state index contributed by atoms with van der Waals surface area (Å²) in [5, 5.41) is 3.11. The maximum atomic E-state index is 12.3. The van der Waals surface area contributed by atoms with Crippen LogP contribution in [-0.4, -0.2) is 43.0 Å². The van der Waals surface area contributed by atoms with E-state index in [9.17, 15) is 4.79 Å². The van der Waals surface area contributed by atoms with Crippen LogP contribution in [0.1, 0.15) is 51.9 Å². The van der Waals surface area contributed by atoms with Gasteiger partial charge in [-0.2, -0.15) is 0 Å². The first-order valence-electron chi connectivity index (χ1n) is 8.42. The number of carbonyl (C=O) groups is 1. The Bertz CT molecular complexity index is 300. The lowest BCUT2D eigenvalue weighted by Crippen LogP contribution is -2.46. The van der Waals surface area contributed by atoms with Gasteiger partial charge >= 0.3 is 0 Å². The summed E-state index contributed by atoms with van der Waals surface area (Å²) in [4.78, 5) is 14.7. The molecule has 1 aliphatic carbocycles. The average molecular weight is 281 g/mol. The number of likely N-dealkylation sites (tertiary alicyclic amines) is 1. The lowest BCUT2D eigenvalue weighted by Gasteiger charge is -2.31. The summed E-state index contributed by atoms with van der Waals surface area (Å²) in [7, 11) is 0. The van der Waals surface area contributed by atoms with Crippen LogP contribution >= 0.6 is 0 Å². The first-order valence-corrected chi connectivity index (χ1v) is 8.42. The third-order valence-electron chi connectivity index (χ3n) is 4.93. The number of carbonyl (C=O) groups excluding carboxylic acids is 1. The van der Waals surface area contributed by atoms with E-state index in [1.54, 1.807) is 0 Å². The van der Waals surface area contributed by atoms with Gasteiger partial charge in [-0.1, -0.05) is 19.8 Å². The molecule has 1 aliphatic heterocycles. The zero-order chi connectivity index (χ0) is 14.4. The minimum atomic E-state index is 0.0304. The summed E-state index contributed by atoms with van der Waals surface area (Å²) in [6.07, 6.45) is 8.44. The van der Waals surface area contributed by atoms with E-state index in [0.29, 0.717) is 5.92 Å². The van der Waals surface area contributed by atoms with Crippen LogP contribution in [0.15, 0.2) is 0 Å². The number of amides is 1. The molecule has 4 heteroatoms. The fraction of sp³-hybridized carbons (Fsp3) is 0.938. The molecule has 0 aromatic carbocycles. The van der Waals surface area contributed by atoms with Crippen molar-refractivity contribution in [3.05, 3.63) is 0 Å². The Morgan fingerprint density at radius 1 is 1.20 bits per heavy atom. The molecule has 0 aromatic heterocycles. The van der Waals surface area contributed by atoms with Crippen LogP contribution in [0.4, 0.5) is 0 Å². The van der Waals surface area contributed by atoms with Crippen molar-refractivity contribution in [1.29, 1.82) is 0 Å². The van der Waals surface area contributed by atoms with Gasteiger partial charge in [0.1, 0.15) is 0 Å². The summed E-state index contributed by atoms with van der Waals surface area (Å²) in [6.45, 7) is 6.37. The van der Waals surface area contributed by atoms with E-state index < -0.39 is 0 Å². The number of hydrogen-bond acceptors (Lipinski definition) is 3. The number of nitrogens with zero attached hydrogens (tertiary/aromatic N) is 1. The Hall–Kier alpha value is -0.610. The van der Waals surface area contributed by atoms with Crippen LogP contribution in [0.5, 0.6) is 0 Å². The van der Waals surface area contributed by atoms with E-state index in [4.69, 9.17) is 5.73 Å². The molecule has 0 aromatic rings. The number of hydrogen-bond donors (Lipinski definition) is 2. The maximum absolute atomic E-state index is 12.3. The highest BCUT2D eigenvalue weighted by Crippen LogP contribution is 2.27. The quantitative estimate of drug-likeness (QED) is 0.825. The topological polar surface area (TPSA) is 58.4 Å². The van der Waals surface area contributed by atoms with Gasteiger partial charge in [0.25, 0.3) is 0 Å². The van der Waals surface area contributed by atoms with E-state index in [2.05, 4.69) is 17.1 Å². The van der Waals surface area contributed by atoms with Crippen molar-refractivity contribution in [2.75, 3.05) is 26.2 Å². The largest absolute Gasteiger partial charge is 0.355 e. The Labute approximate surface area is 123 Å². The van der Waals surface area contributed by atoms with Crippen LogP contribution in [0.3, 0.4) is 0 Å². The van der Waals surface area contributed by atoms with Crippen molar-refractivity contribution in [3.8, 4) is 0 Å². The lowest BCUT2D eigenvalue weighted by atomic mass is 9.79. The van der Waals surface area contributed by atoms with Crippen LogP contribution in [0.2, 0.25) is 0 Å². The summed E-state index contributed by atoms with van der Waals surface area (Å²) < 4.78 is 0. The van der Waals surface area contributed by atoms with Crippen molar-refractivity contribution >= 4 is 5.91 Å². The molecule has 1 amide bonds. The van der Waals surface area contributed by atoms with Gasteiger partial charge in [0.2, 0.25) is 5.91 Å². The van der Waals surface area contributed by atoms with E-state index >= 15 is 0 Å². The molecule has 0 spiro atoms. The summed E-state index contributed by atoms with van der Waals surface area (Å²) in [5.74, 6) is 0.845. The van der Waals surface area contributed by atoms with Crippen molar-refractivity contribution in [2.24, 2.45) is 17.6 Å². The van der Waals surface area contributed by atoms with Gasteiger partial charge in [-0.3, -0.25) is 4.79 Å². The number of rotatable bonds is 4. The second-order valence-corrected chi connectivity index (χ2v) is 6.74. The van der Waals surface area contributed by atoms with Crippen molar-refractivity contribution in [1.82, 2.24) is 10.2 Å². The molecule has 1 heterocycles. The summed E-state index contributed by atoms with van der Waals surface area (Å²) in [6, 6.07) is 0.0596. The number of nitrogens with one attached hydrogen (secondary N) is 1. The Morgan fingerprint density at radius 2 is 1.90 bits per heavy atom. The minimum Gasteiger partial charge on any atom is -0.355 e. The predicted molar refractivity (Wildman–Crippen MR) is 82.4 cm³/mol. The monoisotopic (exact) mass is 281 g/mol. The van der Waals surface area contributed by atoms with Crippen LogP contribution in [-0.2, 0) is 4.79 Å². The summed E-state index contributed by atoms with van der Waals surface area (Å²) in [5.41, 5.74) is 6.11. The highest BCUT2D eigenvalue weighted by molar-refractivity contribution is 5.79. The second-order valence-electron chi connectivity index (χ2n) is 6.74. The predicted octanol–water partition coefficient (Wildman–Crippen LogP) is 1.74. The van der Waals surface area contributed by atoms with Gasteiger partial charge in [-0.25, -0.2) is 0 Å². The SMILES string of the molecule is CC1CCC(N)C(C(=O)NCCN2CCCCCC2)C1. The molecule has 2 aliphatic rings. The Kier molecular flexibility index (Phi) is 6.30. The fourth-order valence-electron chi connectivity index (χ4n) is 3.53. The lowest BCUT2D eigenvalue weighted by molar-refractivity contribution is -0.127. The minimum absolute atomic E-state index is 0.0304. The smallest absolute Gasteiger partial charge is 0.224 e. The molecule has 2 rings (SSSR count). The van der Waals surface area contributed by atoms with Crippen LogP contribution < -0.4 is 11.1 Å². The zero-order valence-electron chi connectivity index (χ0n) is 12.9. The number of nitrogens with two attached hydrogens (primary N) is 1. The standard InChI is InChI=1S/C16H31N3O/c1-13-6-7-15(17)14(12-13)16(20)18-8-11-19-9-4-2-3-5-10-19/h13-15H,2-12,17H2,1H3,(H,18,20). The van der Waals surface area contributed by atoms with Crippen LogP contribution in [0.25, 0.3) is 0 Å². The molecular formula is C16H31N3O. The molecule has 20 heavy (non-hydrogen) atoms. The Morgan fingerprint density at radius 3 is 2.60 bits per heavy atom.